The van der Waals surface area contributed by atoms with Gasteiger partial charge in [-0.3, -0.25) is 0 Å². The van der Waals surface area contributed by atoms with Crippen molar-refractivity contribution < 1.29 is 0 Å². The molecule has 1 saturated heterocycles. The molecule has 0 aromatic heterocycles. The Labute approximate surface area is 86.4 Å². The molecule has 2 aliphatic carbocycles. The van der Waals surface area contributed by atoms with Gasteiger partial charge in [-0.05, 0) is 37.6 Å². The molecule has 1 heterocycles. The molecule has 1 N–H and O–H groups in total. The lowest BCUT2D eigenvalue weighted by Crippen LogP contribution is -2.53. The van der Waals surface area contributed by atoms with Crippen LogP contribution in [0.15, 0.2) is 12.2 Å². The number of rotatable bonds is 1. The van der Waals surface area contributed by atoms with Gasteiger partial charge in [-0.1, -0.05) is 12.2 Å². The van der Waals surface area contributed by atoms with Crippen molar-refractivity contribution in [1.82, 2.24) is 10.2 Å². The van der Waals surface area contributed by atoms with Crippen LogP contribution in [0.25, 0.3) is 0 Å². The van der Waals surface area contributed by atoms with E-state index in [4.69, 9.17) is 0 Å². The van der Waals surface area contributed by atoms with Crippen LogP contribution in [-0.2, 0) is 0 Å². The van der Waals surface area contributed by atoms with E-state index in [1.165, 1.54) is 32.5 Å². The third-order valence-electron chi connectivity index (χ3n) is 4.39. The molecule has 0 aromatic carbocycles. The van der Waals surface area contributed by atoms with Gasteiger partial charge in [0.2, 0.25) is 0 Å². The van der Waals surface area contributed by atoms with E-state index in [9.17, 15) is 0 Å². The summed E-state index contributed by atoms with van der Waals surface area (Å²) in [5, 5.41) is 3.54. The van der Waals surface area contributed by atoms with Crippen LogP contribution in [0.3, 0.4) is 0 Å². The first kappa shape index (κ1) is 8.93. The number of hydrogen-bond acceptors (Lipinski definition) is 2. The number of hydrogen-bond donors (Lipinski definition) is 1. The van der Waals surface area contributed by atoms with Crippen molar-refractivity contribution in [2.75, 3.05) is 26.7 Å². The first-order valence-electron chi connectivity index (χ1n) is 5.94. The topological polar surface area (TPSA) is 15.3 Å². The van der Waals surface area contributed by atoms with Gasteiger partial charge >= 0.3 is 0 Å². The zero-order valence-corrected chi connectivity index (χ0v) is 8.95. The Morgan fingerprint density at radius 2 is 2.21 bits per heavy atom. The molecule has 0 radical (unpaired) electrons. The highest BCUT2D eigenvalue weighted by Crippen LogP contribution is 2.45. The quantitative estimate of drug-likeness (QED) is 0.626. The van der Waals surface area contributed by atoms with Crippen LogP contribution in [0.1, 0.15) is 12.8 Å². The second-order valence-electron chi connectivity index (χ2n) is 5.20. The van der Waals surface area contributed by atoms with Gasteiger partial charge in [0.05, 0.1) is 0 Å². The van der Waals surface area contributed by atoms with E-state index < -0.39 is 0 Å². The highest BCUT2D eigenvalue weighted by molar-refractivity contribution is 5.12. The van der Waals surface area contributed by atoms with Gasteiger partial charge < -0.3 is 10.2 Å². The van der Waals surface area contributed by atoms with E-state index >= 15 is 0 Å². The molecular weight excluding hydrogens is 172 g/mol. The predicted molar refractivity (Wildman–Crippen MR) is 58.1 cm³/mol. The maximum absolute atomic E-state index is 3.54. The molecule has 4 unspecified atom stereocenters. The standard InChI is InChI=1S/C12H20N2/c1-14-5-4-13-8-12(14)11-7-9-2-3-10(11)6-9/h2-3,9-13H,4-8H2,1H3. The van der Waals surface area contributed by atoms with Gasteiger partial charge in [0, 0.05) is 25.7 Å². The van der Waals surface area contributed by atoms with Crippen molar-refractivity contribution >= 4 is 0 Å². The summed E-state index contributed by atoms with van der Waals surface area (Å²) in [6.45, 7) is 3.60. The molecular formula is C12H20N2. The third-order valence-corrected chi connectivity index (χ3v) is 4.39. The second kappa shape index (κ2) is 3.35. The lowest BCUT2D eigenvalue weighted by molar-refractivity contribution is 0.127. The summed E-state index contributed by atoms with van der Waals surface area (Å²) < 4.78 is 0. The summed E-state index contributed by atoms with van der Waals surface area (Å²) in [5.74, 6) is 2.75. The zero-order valence-electron chi connectivity index (χ0n) is 8.95. The first-order valence-corrected chi connectivity index (χ1v) is 5.94. The average Bonchev–Trinajstić information content (AvgIpc) is 2.79. The number of likely N-dealkylation sites (N-methyl/N-ethyl adjacent to an activating group) is 1. The Bertz CT molecular complexity index is 249. The number of piperazine rings is 1. The maximum atomic E-state index is 3.54. The van der Waals surface area contributed by atoms with Crippen molar-refractivity contribution in [3.8, 4) is 0 Å². The van der Waals surface area contributed by atoms with Gasteiger partial charge in [-0.15, -0.1) is 0 Å². The normalized spacial score (nSPS) is 47.5. The fourth-order valence-corrected chi connectivity index (χ4v) is 3.57. The minimum absolute atomic E-state index is 0.795. The molecule has 2 heteroatoms. The van der Waals surface area contributed by atoms with E-state index in [1.807, 2.05) is 0 Å². The van der Waals surface area contributed by atoms with Crippen LogP contribution in [0, 0.1) is 17.8 Å². The molecule has 0 spiro atoms. The van der Waals surface area contributed by atoms with Crippen molar-refractivity contribution in [1.29, 1.82) is 0 Å². The summed E-state index contributed by atoms with van der Waals surface area (Å²) in [5.41, 5.74) is 0. The Kier molecular flexibility index (Phi) is 2.14. The molecule has 3 aliphatic rings. The first-order chi connectivity index (χ1) is 6.84. The minimum Gasteiger partial charge on any atom is -0.314 e. The molecule has 1 saturated carbocycles. The Hall–Kier alpha value is -0.340. The van der Waals surface area contributed by atoms with E-state index in [-0.39, 0.29) is 0 Å². The van der Waals surface area contributed by atoms with E-state index in [1.54, 1.807) is 0 Å². The maximum Gasteiger partial charge on any atom is 0.0252 e. The highest BCUT2D eigenvalue weighted by Gasteiger charge is 2.41. The Morgan fingerprint density at radius 1 is 1.29 bits per heavy atom. The monoisotopic (exact) mass is 192 g/mol. The van der Waals surface area contributed by atoms with Crippen LogP contribution in [0.4, 0.5) is 0 Å². The fraction of sp³-hybridized carbons (Fsp3) is 0.833. The van der Waals surface area contributed by atoms with E-state index in [2.05, 4.69) is 29.4 Å². The van der Waals surface area contributed by atoms with Crippen molar-refractivity contribution in [2.45, 2.75) is 18.9 Å². The summed E-state index contributed by atoms with van der Waals surface area (Å²) in [4.78, 5) is 2.57. The van der Waals surface area contributed by atoms with Crippen molar-refractivity contribution in [3.05, 3.63) is 12.2 Å². The minimum atomic E-state index is 0.795. The molecule has 0 aromatic rings. The van der Waals surface area contributed by atoms with Gasteiger partial charge in [0.25, 0.3) is 0 Å². The van der Waals surface area contributed by atoms with E-state index in [0.29, 0.717) is 0 Å². The van der Waals surface area contributed by atoms with Crippen molar-refractivity contribution in [2.24, 2.45) is 17.8 Å². The summed E-state index contributed by atoms with van der Waals surface area (Å²) in [6.07, 6.45) is 7.80. The Morgan fingerprint density at radius 3 is 2.86 bits per heavy atom. The fourth-order valence-electron chi connectivity index (χ4n) is 3.57. The van der Waals surface area contributed by atoms with E-state index in [0.717, 1.165) is 23.8 Å². The summed E-state index contributed by atoms with van der Waals surface area (Å²) >= 11 is 0. The van der Waals surface area contributed by atoms with Crippen LogP contribution in [0.5, 0.6) is 0 Å². The summed E-state index contributed by atoms with van der Waals surface area (Å²) in [6, 6.07) is 0.795. The van der Waals surface area contributed by atoms with Crippen LogP contribution >= 0.6 is 0 Å². The van der Waals surface area contributed by atoms with Crippen LogP contribution < -0.4 is 5.32 Å². The van der Waals surface area contributed by atoms with Gasteiger partial charge in [-0.2, -0.15) is 0 Å². The summed E-state index contributed by atoms with van der Waals surface area (Å²) in [7, 11) is 2.29. The second-order valence-corrected chi connectivity index (χ2v) is 5.20. The highest BCUT2D eigenvalue weighted by atomic mass is 15.2. The number of fused-ring (bicyclic) bond motifs is 2. The molecule has 2 fully saturated rings. The lowest BCUT2D eigenvalue weighted by atomic mass is 9.85. The predicted octanol–water partition coefficient (Wildman–Crippen LogP) is 1.10. The van der Waals surface area contributed by atoms with Crippen LogP contribution in [-0.4, -0.2) is 37.6 Å². The number of nitrogens with one attached hydrogen (secondary N) is 1. The lowest BCUT2D eigenvalue weighted by Gasteiger charge is -2.39. The molecule has 78 valence electrons. The molecule has 3 rings (SSSR count). The van der Waals surface area contributed by atoms with Crippen LogP contribution in [0.2, 0.25) is 0 Å². The van der Waals surface area contributed by atoms with Gasteiger partial charge in [0.15, 0.2) is 0 Å². The van der Waals surface area contributed by atoms with Crippen molar-refractivity contribution in [3.63, 3.8) is 0 Å². The molecule has 2 nitrogen and oxygen atoms in total. The SMILES string of the molecule is CN1CCNCC1C1CC2C=CC1C2. The molecule has 14 heavy (non-hydrogen) atoms. The average molecular weight is 192 g/mol. The number of allylic oxidation sites excluding steroid dienone is 2. The molecule has 0 amide bonds. The Balaban J connectivity index is 1.72. The smallest absolute Gasteiger partial charge is 0.0252 e. The molecule has 1 aliphatic heterocycles. The third kappa shape index (κ3) is 1.32. The van der Waals surface area contributed by atoms with Gasteiger partial charge in [0.1, 0.15) is 0 Å². The molecule has 2 bridgehead atoms. The van der Waals surface area contributed by atoms with Gasteiger partial charge in [-0.25, -0.2) is 0 Å². The zero-order chi connectivity index (χ0) is 9.54. The number of nitrogens with zero attached hydrogens (tertiary/aromatic N) is 1. The molecule has 4 atom stereocenters. The largest absolute Gasteiger partial charge is 0.314 e.